The van der Waals surface area contributed by atoms with E-state index >= 15 is 0 Å². The van der Waals surface area contributed by atoms with E-state index in [-0.39, 0.29) is 59.3 Å². The maximum atomic E-state index is 13.5. The molecule has 0 radical (unpaired) electrons. The number of benzene rings is 1. The first kappa shape index (κ1) is 21.3. The normalized spacial score (nSPS) is 34.7. The molecule has 1 aliphatic heterocycles. The van der Waals surface area contributed by atoms with Gasteiger partial charge >= 0.3 is 0 Å². The summed E-state index contributed by atoms with van der Waals surface area (Å²) in [5.74, 6) is -0.0929. The van der Waals surface area contributed by atoms with E-state index < -0.39 is 5.82 Å². The van der Waals surface area contributed by atoms with Crippen molar-refractivity contribution in [3.05, 3.63) is 29.0 Å². The highest BCUT2D eigenvalue weighted by atomic mass is 35.5. The smallest absolute Gasteiger partial charge is 0.258 e. The zero-order valence-electron chi connectivity index (χ0n) is 17.0. The molecule has 3 fully saturated rings. The Hall–Kier alpha value is -1.90. The average Bonchev–Trinajstić information content (AvgIpc) is 3.10. The van der Waals surface area contributed by atoms with Gasteiger partial charge in [-0.25, -0.2) is 4.39 Å². The minimum atomic E-state index is -0.590. The molecule has 6 unspecified atom stereocenters. The topological polar surface area (TPSA) is 88.7 Å². The van der Waals surface area contributed by atoms with Crippen LogP contribution >= 0.6 is 11.6 Å². The molecule has 2 saturated carbocycles. The van der Waals surface area contributed by atoms with E-state index in [2.05, 4.69) is 16.1 Å². The molecule has 1 aromatic rings. The lowest BCUT2D eigenvalue weighted by molar-refractivity contribution is -0.128. The molecule has 2 aliphatic carbocycles. The maximum Gasteiger partial charge on any atom is 0.258 e. The van der Waals surface area contributed by atoms with Gasteiger partial charge in [0.1, 0.15) is 11.6 Å². The van der Waals surface area contributed by atoms with E-state index in [0.717, 1.165) is 18.9 Å². The number of hydrogen-bond acceptors (Lipinski definition) is 5. The maximum absolute atomic E-state index is 13.5. The quantitative estimate of drug-likeness (QED) is 0.632. The van der Waals surface area contributed by atoms with Gasteiger partial charge in [-0.1, -0.05) is 11.6 Å². The molecule has 1 aromatic carbocycles. The average molecular weight is 440 g/mol. The molecule has 3 N–H and O–H groups in total. The molecule has 2 amide bonds. The standard InChI is InChI=1S/C21H27ClFN3O4/c1-10-20(11(2)30-26-10)21(28)25-18-8-17(13-4-5-14(13)18)24-19(27)9-29-12-3-6-15(22)16(23)7-12/h3,6-7,10-11,13-14,17-18,20,26H,4-5,8-9H2,1-2H3,(H,24,27)(H,25,28)/t10?,11?,13?,14?,17-,18?,20?/m0/s1. The molecule has 1 saturated heterocycles. The lowest BCUT2D eigenvalue weighted by atomic mass is 9.73. The summed E-state index contributed by atoms with van der Waals surface area (Å²) in [5, 5.41) is 6.22. The van der Waals surface area contributed by atoms with Crippen molar-refractivity contribution < 1.29 is 23.6 Å². The molecule has 0 spiro atoms. The van der Waals surface area contributed by atoms with Crippen LogP contribution in [0.2, 0.25) is 5.02 Å². The van der Waals surface area contributed by atoms with Crippen molar-refractivity contribution in [3.8, 4) is 5.75 Å². The molecule has 0 bridgehead atoms. The van der Waals surface area contributed by atoms with Crippen LogP contribution in [0, 0.1) is 23.6 Å². The third kappa shape index (κ3) is 4.26. The number of ether oxygens (including phenoxy) is 1. The fraction of sp³-hybridized carbons (Fsp3) is 0.619. The number of amides is 2. The summed E-state index contributed by atoms with van der Waals surface area (Å²) in [4.78, 5) is 30.5. The second-order valence-electron chi connectivity index (χ2n) is 8.55. The lowest BCUT2D eigenvalue weighted by Crippen LogP contribution is -2.47. The van der Waals surface area contributed by atoms with Crippen LogP contribution in [0.25, 0.3) is 0 Å². The first-order chi connectivity index (χ1) is 14.3. The fourth-order valence-corrected chi connectivity index (χ4v) is 5.07. The summed E-state index contributed by atoms with van der Waals surface area (Å²) in [7, 11) is 0. The number of carbonyl (C=O) groups is 2. The molecular formula is C21H27ClFN3O4. The van der Waals surface area contributed by atoms with Gasteiger partial charge in [0.2, 0.25) is 5.91 Å². The molecular weight excluding hydrogens is 413 g/mol. The zero-order valence-corrected chi connectivity index (χ0v) is 17.7. The lowest BCUT2D eigenvalue weighted by Gasteiger charge is -2.36. The van der Waals surface area contributed by atoms with Crippen LogP contribution in [-0.4, -0.2) is 42.7 Å². The van der Waals surface area contributed by atoms with Crippen LogP contribution in [0.1, 0.15) is 33.1 Å². The molecule has 4 rings (SSSR count). The molecule has 3 aliphatic rings. The van der Waals surface area contributed by atoms with Gasteiger partial charge in [-0.2, -0.15) is 5.48 Å². The number of rotatable bonds is 6. The summed E-state index contributed by atoms with van der Waals surface area (Å²) in [5.41, 5.74) is 2.87. The fourth-order valence-electron chi connectivity index (χ4n) is 4.96. The van der Waals surface area contributed by atoms with E-state index in [1.54, 1.807) is 0 Å². The van der Waals surface area contributed by atoms with Crippen molar-refractivity contribution in [1.29, 1.82) is 0 Å². The molecule has 7 atom stereocenters. The number of carbonyl (C=O) groups excluding carboxylic acids is 2. The molecule has 1 heterocycles. The molecule has 30 heavy (non-hydrogen) atoms. The monoisotopic (exact) mass is 439 g/mol. The first-order valence-electron chi connectivity index (χ1n) is 10.4. The van der Waals surface area contributed by atoms with Crippen LogP contribution in [-0.2, 0) is 14.4 Å². The Bertz CT molecular complexity index is 815. The van der Waals surface area contributed by atoms with E-state index in [4.69, 9.17) is 21.2 Å². The largest absolute Gasteiger partial charge is 0.484 e. The Morgan fingerprint density at radius 2 is 1.93 bits per heavy atom. The highest BCUT2D eigenvalue weighted by molar-refractivity contribution is 6.30. The Labute approximate surface area is 180 Å². The predicted octanol–water partition coefficient (Wildman–Crippen LogP) is 2.19. The van der Waals surface area contributed by atoms with Crippen LogP contribution in [0.4, 0.5) is 4.39 Å². The third-order valence-electron chi connectivity index (χ3n) is 6.65. The van der Waals surface area contributed by atoms with Crippen molar-refractivity contribution in [1.82, 2.24) is 16.1 Å². The molecule has 164 valence electrons. The first-order valence-corrected chi connectivity index (χ1v) is 10.8. The highest BCUT2D eigenvalue weighted by Gasteiger charge is 2.50. The van der Waals surface area contributed by atoms with Gasteiger partial charge in [0.15, 0.2) is 6.61 Å². The Kier molecular flexibility index (Phi) is 6.18. The van der Waals surface area contributed by atoms with Crippen LogP contribution in [0.5, 0.6) is 5.75 Å². The molecule has 7 nitrogen and oxygen atoms in total. The van der Waals surface area contributed by atoms with Gasteiger partial charge < -0.3 is 15.4 Å². The number of nitrogens with one attached hydrogen (secondary N) is 3. The molecule has 0 aromatic heterocycles. The van der Waals surface area contributed by atoms with Gasteiger partial charge in [-0.15, -0.1) is 0 Å². The van der Waals surface area contributed by atoms with Crippen molar-refractivity contribution in [3.63, 3.8) is 0 Å². The van der Waals surface area contributed by atoms with E-state index in [1.807, 2.05) is 13.8 Å². The van der Waals surface area contributed by atoms with Crippen molar-refractivity contribution in [2.75, 3.05) is 6.61 Å². The Balaban J connectivity index is 1.28. The number of halogens is 2. The minimum Gasteiger partial charge on any atom is -0.484 e. The van der Waals surface area contributed by atoms with Crippen molar-refractivity contribution >= 4 is 23.4 Å². The van der Waals surface area contributed by atoms with E-state index in [0.29, 0.717) is 18.3 Å². The van der Waals surface area contributed by atoms with Gasteiger partial charge in [0.05, 0.1) is 17.0 Å². The molecule has 9 heteroatoms. The van der Waals surface area contributed by atoms with Crippen molar-refractivity contribution in [2.45, 2.75) is 57.3 Å². The summed E-state index contributed by atoms with van der Waals surface area (Å²) >= 11 is 5.65. The van der Waals surface area contributed by atoms with Crippen molar-refractivity contribution in [2.24, 2.45) is 17.8 Å². The summed E-state index contributed by atoms with van der Waals surface area (Å²) < 4.78 is 18.9. The third-order valence-corrected chi connectivity index (χ3v) is 6.95. The summed E-state index contributed by atoms with van der Waals surface area (Å²) in [6.07, 6.45) is 2.61. The van der Waals surface area contributed by atoms with Gasteiger partial charge in [-0.3, -0.25) is 14.4 Å². The number of hydroxylamine groups is 1. The SMILES string of the molecule is CC1NOC(C)C1C(=O)NC1C[C@H](NC(=O)COc2ccc(Cl)c(F)c2)C2CCC12. The second kappa shape index (κ2) is 8.69. The van der Waals surface area contributed by atoms with Gasteiger partial charge in [0, 0.05) is 24.2 Å². The van der Waals surface area contributed by atoms with Gasteiger partial charge in [-0.05, 0) is 57.1 Å². The summed E-state index contributed by atoms with van der Waals surface area (Å²) in [6.45, 7) is 3.62. The van der Waals surface area contributed by atoms with Gasteiger partial charge in [0.25, 0.3) is 5.91 Å². The highest BCUT2D eigenvalue weighted by Crippen LogP contribution is 2.47. The number of fused-ring (bicyclic) bond motifs is 1. The van der Waals surface area contributed by atoms with Crippen LogP contribution in [0.3, 0.4) is 0 Å². The number of hydrogen-bond donors (Lipinski definition) is 3. The zero-order chi connectivity index (χ0) is 21.4. The minimum absolute atomic E-state index is 0.0000890. The Morgan fingerprint density at radius 1 is 1.23 bits per heavy atom. The van der Waals surface area contributed by atoms with E-state index in [1.165, 1.54) is 12.1 Å². The van der Waals surface area contributed by atoms with Crippen LogP contribution < -0.4 is 20.9 Å². The van der Waals surface area contributed by atoms with E-state index in [9.17, 15) is 14.0 Å². The Morgan fingerprint density at radius 3 is 2.53 bits per heavy atom. The summed E-state index contributed by atoms with van der Waals surface area (Å²) in [6, 6.07) is 4.07. The second-order valence-corrected chi connectivity index (χ2v) is 8.96. The van der Waals surface area contributed by atoms with Crippen LogP contribution in [0.15, 0.2) is 18.2 Å². The predicted molar refractivity (Wildman–Crippen MR) is 108 cm³/mol.